The Labute approximate surface area is 90.3 Å². The normalized spacial score (nSPS) is 11.6. The molecular weight excluding hydrogens is 224 g/mol. The summed E-state index contributed by atoms with van der Waals surface area (Å²) in [6, 6.07) is -1.01. The maximum Gasteiger partial charge on any atom is 0.413 e. The lowest BCUT2D eigenvalue weighted by Gasteiger charge is -2.05. The number of carbonyl (C=O) groups excluding carboxylic acids is 2. The molecule has 1 atom stereocenters. The van der Waals surface area contributed by atoms with E-state index in [2.05, 4.69) is 4.74 Å². The number of thioether (sulfide) groups is 1. The Morgan fingerprint density at radius 3 is 2.60 bits per heavy atom. The highest BCUT2D eigenvalue weighted by molar-refractivity contribution is 8.00. The molecule has 15 heavy (non-hydrogen) atoms. The van der Waals surface area contributed by atoms with Gasteiger partial charge in [-0.05, 0) is 0 Å². The zero-order valence-electron chi connectivity index (χ0n) is 8.06. The number of hydrogen-bond donors (Lipinski definition) is 3. The van der Waals surface area contributed by atoms with Gasteiger partial charge < -0.3 is 15.6 Å². The van der Waals surface area contributed by atoms with Crippen LogP contribution in [0.2, 0.25) is 0 Å². The topological polar surface area (TPSA) is 119 Å². The van der Waals surface area contributed by atoms with E-state index >= 15 is 0 Å². The van der Waals surface area contributed by atoms with Crippen LogP contribution >= 0.6 is 11.8 Å². The number of nitrogens with one attached hydrogen (secondary N) is 1. The first kappa shape index (κ1) is 13.7. The number of hydrogen-bond acceptors (Lipinski definition) is 6. The number of methoxy groups -OCH3 is 1. The van der Waals surface area contributed by atoms with Crippen molar-refractivity contribution >= 4 is 29.7 Å². The van der Waals surface area contributed by atoms with Crippen molar-refractivity contribution in [3.63, 3.8) is 0 Å². The third-order valence-electron chi connectivity index (χ3n) is 1.27. The van der Waals surface area contributed by atoms with Crippen LogP contribution in [-0.4, -0.2) is 47.7 Å². The van der Waals surface area contributed by atoms with Gasteiger partial charge in [0.05, 0.1) is 12.9 Å². The van der Waals surface area contributed by atoms with Crippen LogP contribution in [0.15, 0.2) is 0 Å². The Hall–Kier alpha value is -1.28. The molecule has 0 heterocycles. The van der Waals surface area contributed by atoms with Crippen LogP contribution in [0.4, 0.5) is 4.79 Å². The second-order valence-electron chi connectivity index (χ2n) is 2.50. The SMILES string of the molecule is COC(=O)NC(=O)CSC[C@@H](N)C(=O)O. The first-order valence-electron chi connectivity index (χ1n) is 3.91. The minimum Gasteiger partial charge on any atom is -0.480 e. The van der Waals surface area contributed by atoms with Gasteiger partial charge in [0.1, 0.15) is 6.04 Å². The molecule has 0 radical (unpaired) electrons. The Bertz CT molecular complexity index is 258. The molecule has 0 unspecified atom stereocenters. The lowest BCUT2D eigenvalue weighted by molar-refractivity contribution is -0.138. The van der Waals surface area contributed by atoms with Gasteiger partial charge in [0.2, 0.25) is 5.91 Å². The van der Waals surface area contributed by atoms with E-state index in [1.807, 2.05) is 5.32 Å². The van der Waals surface area contributed by atoms with E-state index in [9.17, 15) is 14.4 Å². The second kappa shape index (κ2) is 7.07. The number of imide groups is 1. The number of carboxylic acids is 1. The molecule has 2 amide bonds. The lowest BCUT2D eigenvalue weighted by atomic mass is 10.4. The number of alkyl carbamates (subject to hydrolysis) is 1. The van der Waals surface area contributed by atoms with Gasteiger partial charge in [-0.3, -0.25) is 14.9 Å². The summed E-state index contributed by atoms with van der Waals surface area (Å²) >= 11 is 1.02. The summed E-state index contributed by atoms with van der Waals surface area (Å²) in [5, 5.41) is 10.3. The van der Waals surface area contributed by atoms with Crippen molar-refractivity contribution in [3.05, 3.63) is 0 Å². The highest BCUT2D eigenvalue weighted by Crippen LogP contribution is 2.01. The van der Waals surface area contributed by atoms with Gasteiger partial charge in [-0.25, -0.2) is 4.79 Å². The molecule has 0 aliphatic rings. The molecule has 8 heteroatoms. The monoisotopic (exact) mass is 236 g/mol. The number of rotatable bonds is 5. The van der Waals surface area contributed by atoms with Crippen LogP contribution < -0.4 is 11.1 Å². The predicted molar refractivity (Wildman–Crippen MR) is 53.5 cm³/mol. The van der Waals surface area contributed by atoms with E-state index in [-0.39, 0.29) is 11.5 Å². The molecule has 4 N–H and O–H groups in total. The smallest absolute Gasteiger partial charge is 0.413 e. The molecule has 0 spiro atoms. The minimum absolute atomic E-state index is 0.0456. The van der Waals surface area contributed by atoms with Gasteiger partial charge in [-0.1, -0.05) is 0 Å². The van der Waals surface area contributed by atoms with Crippen LogP contribution in [0.25, 0.3) is 0 Å². The number of ether oxygens (including phenoxy) is 1. The van der Waals surface area contributed by atoms with E-state index in [0.29, 0.717) is 0 Å². The van der Waals surface area contributed by atoms with Crippen molar-refractivity contribution in [1.29, 1.82) is 0 Å². The fourth-order valence-electron chi connectivity index (χ4n) is 0.551. The molecule has 0 bridgehead atoms. The Kier molecular flexibility index (Phi) is 6.47. The summed E-state index contributed by atoms with van der Waals surface area (Å²) in [5.41, 5.74) is 5.19. The summed E-state index contributed by atoms with van der Waals surface area (Å²) < 4.78 is 4.19. The summed E-state index contributed by atoms with van der Waals surface area (Å²) in [5.74, 6) is -1.62. The van der Waals surface area contributed by atoms with Gasteiger partial charge in [0.25, 0.3) is 0 Å². The van der Waals surface area contributed by atoms with Crippen molar-refractivity contribution in [1.82, 2.24) is 5.32 Å². The van der Waals surface area contributed by atoms with Crippen molar-refractivity contribution in [2.75, 3.05) is 18.6 Å². The average Bonchev–Trinajstić information content (AvgIpc) is 2.17. The third kappa shape index (κ3) is 6.75. The molecule has 0 aliphatic carbocycles. The number of amides is 2. The van der Waals surface area contributed by atoms with Gasteiger partial charge in [-0.2, -0.15) is 0 Å². The third-order valence-corrected chi connectivity index (χ3v) is 2.34. The van der Waals surface area contributed by atoms with E-state index in [0.717, 1.165) is 18.9 Å². The molecule has 0 saturated carbocycles. The second-order valence-corrected chi connectivity index (χ2v) is 3.53. The van der Waals surface area contributed by atoms with Crippen LogP contribution in [0.3, 0.4) is 0 Å². The molecule has 0 aliphatic heterocycles. The van der Waals surface area contributed by atoms with Crippen LogP contribution in [0.1, 0.15) is 0 Å². The maximum atomic E-state index is 10.9. The fraction of sp³-hybridized carbons (Fsp3) is 0.571. The molecule has 0 aromatic heterocycles. The molecule has 0 fully saturated rings. The largest absolute Gasteiger partial charge is 0.480 e. The summed E-state index contributed by atoms with van der Waals surface area (Å²) in [6.07, 6.45) is -0.844. The average molecular weight is 236 g/mol. The fourth-order valence-corrected chi connectivity index (χ4v) is 1.32. The summed E-state index contributed by atoms with van der Waals surface area (Å²) in [6.45, 7) is 0. The van der Waals surface area contributed by atoms with Gasteiger partial charge in [-0.15, -0.1) is 11.8 Å². The zero-order valence-corrected chi connectivity index (χ0v) is 8.87. The first-order chi connectivity index (χ1) is 6.97. The van der Waals surface area contributed by atoms with E-state index in [4.69, 9.17) is 10.8 Å². The van der Waals surface area contributed by atoms with Gasteiger partial charge in [0.15, 0.2) is 0 Å². The van der Waals surface area contributed by atoms with Crippen LogP contribution in [0.5, 0.6) is 0 Å². The molecule has 0 aromatic rings. The van der Waals surface area contributed by atoms with Crippen molar-refractivity contribution in [2.24, 2.45) is 5.73 Å². The molecule has 86 valence electrons. The lowest BCUT2D eigenvalue weighted by Crippen LogP contribution is -2.35. The summed E-state index contributed by atoms with van der Waals surface area (Å²) in [7, 11) is 1.14. The highest BCUT2D eigenvalue weighted by Gasteiger charge is 2.13. The quantitative estimate of drug-likeness (QED) is 0.561. The van der Waals surface area contributed by atoms with Crippen molar-refractivity contribution in [2.45, 2.75) is 6.04 Å². The number of carbonyl (C=O) groups is 3. The number of aliphatic carboxylic acids is 1. The number of nitrogens with two attached hydrogens (primary N) is 1. The molecular formula is C7H12N2O5S. The van der Waals surface area contributed by atoms with Crippen LogP contribution in [0, 0.1) is 0 Å². The number of carboxylic acid groups (broad SMARTS) is 1. The zero-order chi connectivity index (χ0) is 11.8. The van der Waals surface area contributed by atoms with E-state index < -0.39 is 24.0 Å². The van der Waals surface area contributed by atoms with Gasteiger partial charge in [0, 0.05) is 5.75 Å². The van der Waals surface area contributed by atoms with Crippen molar-refractivity contribution in [3.8, 4) is 0 Å². The molecule has 0 saturated heterocycles. The van der Waals surface area contributed by atoms with E-state index in [1.54, 1.807) is 0 Å². The standard InChI is InChI=1S/C7H12N2O5S/c1-14-7(13)9-5(10)3-15-2-4(8)6(11)12/h4H,2-3,8H2,1H3,(H,11,12)(H,9,10,13)/t4-/m1/s1. The summed E-state index contributed by atoms with van der Waals surface area (Å²) in [4.78, 5) is 31.8. The minimum atomic E-state index is -1.13. The van der Waals surface area contributed by atoms with Gasteiger partial charge >= 0.3 is 12.1 Å². The van der Waals surface area contributed by atoms with Crippen molar-refractivity contribution < 1.29 is 24.2 Å². The van der Waals surface area contributed by atoms with E-state index in [1.165, 1.54) is 0 Å². The maximum absolute atomic E-state index is 10.9. The Morgan fingerprint density at radius 1 is 1.53 bits per heavy atom. The predicted octanol–water partition coefficient (Wildman–Crippen LogP) is -0.986. The first-order valence-corrected chi connectivity index (χ1v) is 5.06. The molecule has 0 aromatic carbocycles. The highest BCUT2D eigenvalue weighted by atomic mass is 32.2. The molecule has 7 nitrogen and oxygen atoms in total. The molecule has 0 rings (SSSR count). The van der Waals surface area contributed by atoms with Crippen LogP contribution in [-0.2, 0) is 14.3 Å². The Balaban J connectivity index is 3.64. The Morgan fingerprint density at radius 2 is 2.13 bits per heavy atom.